The van der Waals surface area contributed by atoms with Gasteiger partial charge < -0.3 is 13.8 Å². The lowest BCUT2D eigenvalue weighted by atomic mass is 9.97. The van der Waals surface area contributed by atoms with Crippen LogP contribution in [0.2, 0.25) is 0 Å². The van der Waals surface area contributed by atoms with E-state index >= 15 is 0 Å². The molecule has 1 saturated carbocycles. The molecule has 0 N–H and O–H groups in total. The summed E-state index contributed by atoms with van der Waals surface area (Å²) in [4.78, 5) is 0. The van der Waals surface area contributed by atoms with Crippen LogP contribution in [0, 0.1) is 17.2 Å². The van der Waals surface area contributed by atoms with Gasteiger partial charge in [0, 0.05) is 19.0 Å². The summed E-state index contributed by atoms with van der Waals surface area (Å²) in [5, 5.41) is 8.78. The molecule has 2 bridgehead atoms. The van der Waals surface area contributed by atoms with Crippen LogP contribution >= 0.6 is 8.53 Å². The van der Waals surface area contributed by atoms with Crippen LogP contribution in [0.5, 0.6) is 0 Å². The Morgan fingerprint density at radius 2 is 2.04 bits per heavy atom. The highest BCUT2D eigenvalue weighted by Crippen LogP contribution is 2.55. The number of hydrogen-bond acceptors (Lipinski definition) is 5. The quantitative estimate of drug-likeness (QED) is 0.415. The molecule has 0 radical (unpaired) electrons. The zero-order valence-corrected chi connectivity index (χ0v) is 15.7. The van der Waals surface area contributed by atoms with Crippen molar-refractivity contribution < 1.29 is 13.8 Å². The normalized spacial score (nSPS) is 30.7. The first kappa shape index (κ1) is 19.1. The second-order valence-corrected chi connectivity index (χ2v) is 8.00. The van der Waals surface area contributed by atoms with Gasteiger partial charge in [0.25, 0.3) is 8.53 Å². The van der Waals surface area contributed by atoms with E-state index < -0.39 is 8.53 Å². The van der Waals surface area contributed by atoms with Crippen molar-refractivity contribution >= 4 is 8.53 Å². The molecule has 1 unspecified atom stereocenters. The van der Waals surface area contributed by atoms with E-state index in [9.17, 15) is 0 Å². The van der Waals surface area contributed by atoms with E-state index in [0.717, 1.165) is 45.4 Å². The fourth-order valence-electron chi connectivity index (χ4n) is 3.65. The lowest BCUT2D eigenvalue weighted by molar-refractivity contribution is -0.0545. The standard InChI is InChI=1S/C17H31N2O3P/c1-4-11-19(12-5-2)23(21-13-7-10-18)22-16-15-8-9-17(16,6-3)20-14-15/h15-16H,4-9,11-14H2,1-3H3/t15-,16-,17-,23?/m0/s1. The van der Waals surface area contributed by atoms with Crippen LogP contribution in [0.1, 0.15) is 59.3 Å². The van der Waals surface area contributed by atoms with E-state index in [1.807, 2.05) is 0 Å². The van der Waals surface area contributed by atoms with E-state index in [0.29, 0.717) is 18.9 Å². The molecule has 23 heavy (non-hydrogen) atoms. The van der Waals surface area contributed by atoms with Crippen molar-refractivity contribution in [2.45, 2.75) is 71.0 Å². The maximum Gasteiger partial charge on any atom is 0.259 e. The molecule has 4 atom stereocenters. The smallest absolute Gasteiger partial charge is 0.259 e. The van der Waals surface area contributed by atoms with Crippen LogP contribution < -0.4 is 0 Å². The summed E-state index contributed by atoms with van der Waals surface area (Å²) in [7, 11) is -1.11. The molecule has 0 aromatic carbocycles. The van der Waals surface area contributed by atoms with Crippen LogP contribution in [0.3, 0.4) is 0 Å². The Kier molecular flexibility index (Phi) is 7.72. The second kappa shape index (κ2) is 9.30. The number of nitrogens with zero attached hydrogens (tertiary/aromatic N) is 2. The van der Waals surface area contributed by atoms with Gasteiger partial charge in [-0.25, -0.2) is 4.67 Å². The van der Waals surface area contributed by atoms with Gasteiger partial charge in [0.05, 0.1) is 37.4 Å². The highest BCUT2D eigenvalue weighted by Gasteiger charge is 2.56. The molecule has 1 heterocycles. The van der Waals surface area contributed by atoms with Crippen molar-refractivity contribution in [2.24, 2.45) is 5.92 Å². The largest absolute Gasteiger partial charge is 0.372 e. The van der Waals surface area contributed by atoms with Crippen LogP contribution in [0.4, 0.5) is 0 Å². The first-order valence-electron chi connectivity index (χ1n) is 9.06. The van der Waals surface area contributed by atoms with Crippen molar-refractivity contribution in [3.05, 3.63) is 0 Å². The second-order valence-electron chi connectivity index (χ2n) is 6.49. The predicted molar refractivity (Wildman–Crippen MR) is 91.8 cm³/mol. The molecule has 1 aliphatic carbocycles. The summed E-state index contributed by atoms with van der Waals surface area (Å²) in [6.45, 7) is 9.78. The van der Waals surface area contributed by atoms with Crippen LogP contribution in [-0.4, -0.2) is 42.7 Å². The van der Waals surface area contributed by atoms with E-state index in [-0.39, 0.29) is 11.7 Å². The summed E-state index contributed by atoms with van der Waals surface area (Å²) in [6, 6.07) is 2.15. The third-order valence-electron chi connectivity index (χ3n) is 4.88. The van der Waals surface area contributed by atoms with Crippen LogP contribution in [-0.2, 0) is 13.8 Å². The predicted octanol–water partition coefficient (Wildman–Crippen LogP) is 4.24. The van der Waals surface area contributed by atoms with Crippen LogP contribution in [0.15, 0.2) is 0 Å². The monoisotopic (exact) mass is 342 g/mol. The number of ether oxygens (including phenoxy) is 1. The van der Waals surface area contributed by atoms with E-state index in [4.69, 9.17) is 19.0 Å². The Morgan fingerprint density at radius 1 is 1.30 bits per heavy atom. The third kappa shape index (κ3) is 4.44. The Hall–Kier alpha value is -0.240. The Balaban J connectivity index is 2.05. The van der Waals surface area contributed by atoms with Gasteiger partial charge in [0.2, 0.25) is 0 Å². The van der Waals surface area contributed by atoms with Gasteiger partial charge >= 0.3 is 0 Å². The number of rotatable bonds is 11. The maximum atomic E-state index is 8.78. The topological polar surface area (TPSA) is 54.7 Å². The van der Waals surface area contributed by atoms with Crippen molar-refractivity contribution in [1.29, 1.82) is 5.26 Å². The zero-order chi connectivity index (χ0) is 16.7. The molecule has 1 saturated heterocycles. The highest BCUT2D eigenvalue weighted by atomic mass is 31.2. The van der Waals surface area contributed by atoms with Gasteiger partial charge in [-0.3, -0.25) is 0 Å². The lowest BCUT2D eigenvalue weighted by Crippen LogP contribution is -2.38. The molecule has 132 valence electrons. The van der Waals surface area contributed by atoms with Crippen molar-refractivity contribution in [2.75, 3.05) is 26.3 Å². The Morgan fingerprint density at radius 3 is 2.57 bits per heavy atom. The molecule has 2 fully saturated rings. The van der Waals surface area contributed by atoms with Gasteiger partial charge in [-0.05, 0) is 32.1 Å². The summed E-state index contributed by atoms with van der Waals surface area (Å²) >= 11 is 0. The minimum Gasteiger partial charge on any atom is -0.372 e. The summed E-state index contributed by atoms with van der Waals surface area (Å²) in [5.74, 6) is 0.504. The van der Waals surface area contributed by atoms with E-state index in [2.05, 4.69) is 31.5 Å². The van der Waals surface area contributed by atoms with Gasteiger partial charge in [0.1, 0.15) is 0 Å². The molecular formula is C17H31N2O3P. The number of hydrogen-bond donors (Lipinski definition) is 0. The minimum absolute atomic E-state index is 0.103. The molecule has 0 amide bonds. The maximum absolute atomic E-state index is 8.78. The third-order valence-corrected chi connectivity index (χ3v) is 6.55. The summed E-state index contributed by atoms with van der Waals surface area (Å²) in [6.07, 6.45) is 6.01. The molecule has 0 aromatic heterocycles. The van der Waals surface area contributed by atoms with Gasteiger partial charge in [-0.15, -0.1) is 0 Å². The molecule has 0 aromatic rings. The van der Waals surface area contributed by atoms with Crippen molar-refractivity contribution in [1.82, 2.24) is 4.67 Å². The summed E-state index contributed by atoms with van der Waals surface area (Å²) in [5.41, 5.74) is -0.103. The van der Waals surface area contributed by atoms with Gasteiger partial charge in [0.15, 0.2) is 0 Å². The fraction of sp³-hybridized carbons (Fsp3) is 0.941. The number of fused-ring (bicyclic) bond motifs is 2. The highest BCUT2D eigenvalue weighted by molar-refractivity contribution is 7.44. The fourth-order valence-corrected chi connectivity index (χ4v) is 5.54. The molecule has 6 heteroatoms. The lowest BCUT2D eigenvalue weighted by Gasteiger charge is -2.35. The Bertz CT molecular complexity index is 388. The van der Waals surface area contributed by atoms with Crippen molar-refractivity contribution in [3.8, 4) is 6.07 Å². The molecular weight excluding hydrogens is 311 g/mol. The first-order chi connectivity index (χ1) is 11.2. The minimum atomic E-state index is -1.11. The molecule has 0 spiro atoms. The van der Waals surface area contributed by atoms with E-state index in [1.54, 1.807) is 0 Å². The SMILES string of the molecule is CCCN(CCC)P(OCCC#N)O[C@H]1[C@H]2CC[C@]1(CC)OC2. The average molecular weight is 342 g/mol. The van der Waals surface area contributed by atoms with Gasteiger partial charge in [-0.1, -0.05) is 20.8 Å². The molecule has 2 rings (SSSR count). The molecule has 1 aliphatic heterocycles. The number of nitriles is 1. The van der Waals surface area contributed by atoms with Gasteiger partial charge in [-0.2, -0.15) is 5.26 Å². The molecule has 5 nitrogen and oxygen atoms in total. The summed E-state index contributed by atoms with van der Waals surface area (Å²) < 4.78 is 21.0. The van der Waals surface area contributed by atoms with E-state index in [1.165, 1.54) is 6.42 Å². The first-order valence-corrected chi connectivity index (χ1v) is 10.2. The van der Waals surface area contributed by atoms with Crippen LogP contribution in [0.25, 0.3) is 0 Å². The van der Waals surface area contributed by atoms with Crippen molar-refractivity contribution in [3.63, 3.8) is 0 Å². The zero-order valence-electron chi connectivity index (χ0n) is 14.8. The molecule has 2 aliphatic rings. The average Bonchev–Trinajstić information content (AvgIpc) is 3.09. The Labute approximate surface area is 142 Å².